The van der Waals surface area contributed by atoms with Crippen LogP contribution in [0.2, 0.25) is 0 Å². The molecular formula is C16H12F4N2O3. The number of hydrazone groups is 1. The number of halogens is 4. The van der Waals surface area contributed by atoms with E-state index in [1.807, 2.05) is 5.43 Å². The van der Waals surface area contributed by atoms with Crippen LogP contribution in [0.1, 0.15) is 21.5 Å². The lowest BCUT2D eigenvalue weighted by molar-refractivity contribution is -0.274. The van der Waals surface area contributed by atoms with E-state index < -0.39 is 29.4 Å². The molecule has 0 spiro atoms. The molecule has 2 rings (SSSR count). The molecule has 0 aromatic heterocycles. The second kappa shape index (κ2) is 7.20. The lowest BCUT2D eigenvalue weighted by Gasteiger charge is -2.09. The summed E-state index contributed by atoms with van der Waals surface area (Å²) in [5, 5.41) is 13.2. The van der Waals surface area contributed by atoms with Crippen molar-refractivity contribution in [3.63, 3.8) is 0 Å². The van der Waals surface area contributed by atoms with Crippen molar-refractivity contribution in [2.24, 2.45) is 5.10 Å². The van der Waals surface area contributed by atoms with E-state index >= 15 is 0 Å². The average Bonchev–Trinajstić information content (AvgIpc) is 2.49. The fourth-order valence-electron chi connectivity index (χ4n) is 1.88. The van der Waals surface area contributed by atoms with E-state index in [1.54, 1.807) is 19.1 Å². The van der Waals surface area contributed by atoms with E-state index in [0.717, 1.165) is 23.9 Å². The minimum Gasteiger partial charge on any atom is -0.507 e. The Morgan fingerprint density at radius 2 is 1.96 bits per heavy atom. The van der Waals surface area contributed by atoms with Crippen LogP contribution in [-0.4, -0.2) is 23.6 Å². The van der Waals surface area contributed by atoms with Gasteiger partial charge in [0.15, 0.2) is 0 Å². The first-order valence-electron chi connectivity index (χ1n) is 6.84. The topological polar surface area (TPSA) is 70.9 Å². The summed E-state index contributed by atoms with van der Waals surface area (Å²) in [6.45, 7) is 1.79. The first-order chi connectivity index (χ1) is 11.7. The molecule has 0 saturated heterocycles. The highest BCUT2D eigenvalue weighted by molar-refractivity contribution is 5.95. The molecule has 25 heavy (non-hydrogen) atoms. The molecule has 2 aromatic carbocycles. The Morgan fingerprint density at radius 1 is 1.24 bits per heavy atom. The van der Waals surface area contributed by atoms with Crippen LogP contribution in [0.25, 0.3) is 0 Å². The Labute approximate surface area is 139 Å². The van der Waals surface area contributed by atoms with Gasteiger partial charge in [-0.1, -0.05) is 11.6 Å². The molecule has 9 heteroatoms. The van der Waals surface area contributed by atoms with Gasteiger partial charge in [0.1, 0.15) is 17.3 Å². The predicted octanol–water partition coefficient (Wildman–Crippen LogP) is 3.50. The second-order valence-electron chi connectivity index (χ2n) is 4.95. The van der Waals surface area contributed by atoms with Crippen molar-refractivity contribution in [1.29, 1.82) is 0 Å². The Morgan fingerprint density at radius 3 is 2.60 bits per heavy atom. The quantitative estimate of drug-likeness (QED) is 0.500. The minimum atomic E-state index is -4.96. The SMILES string of the molecule is Cc1ccc(O)c(/C=N/NC(=O)c2ccc(OC(F)(F)F)cc2F)c1. The number of benzene rings is 2. The van der Waals surface area contributed by atoms with Gasteiger partial charge in [0, 0.05) is 11.6 Å². The van der Waals surface area contributed by atoms with Crippen LogP contribution in [0.3, 0.4) is 0 Å². The van der Waals surface area contributed by atoms with Gasteiger partial charge in [-0.2, -0.15) is 5.10 Å². The molecule has 0 atom stereocenters. The zero-order chi connectivity index (χ0) is 18.6. The Bertz CT molecular complexity index is 820. The summed E-state index contributed by atoms with van der Waals surface area (Å²) >= 11 is 0. The Balaban J connectivity index is 2.08. The fourth-order valence-corrected chi connectivity index (χ4v) is 1.88. The highest BCUT2D eigenvalue weighted by Crippen LogP contribution is 2.24. The van der Waals surface area contributed by atoms with E-state index in [9.17, 15) is 27.5 Å². The molecule has 2 N–H and O–H groups in total. The molecule has 0 saturated carbocycles. The molecule has 0 radical (unpaired) electrons. The van der Waals surface area contributed by atoms with Crippen molar-refractivity contribution < 1.29 is 32.2 Å². The Kier molecular flexibility index (Phi) is 5.26. The van der Waals surface area contributed by atoms with Crippen LogP contribution < -0.4 is 10.2 Å². The number of hydrogen-bond acceptors (Lipinski definition) is 4. The molecule has 0 aliphatic rings. The van der Waals surface area contributed by atoms with E-state index in [0.29, 0.717) is 11.6 Å². The van der Waals surface area contributed by atoms with Gasteiger partial charge in [0.2, 0.25) is 0 Å². The van der Waals surface area contributed by atoms with Crippen molar-refractivity contribution >= 4 is 12.1 Å². The standard InChI is InChI=1S/C16H12F4N2O3/c1-9-2-5-14(23)10(6-9)8-21-22-15(24)12-4-3-11(7-13(12)17)25-16(18,19)20/h2-8,23H,1H3,(H,22,24)/b21-8+. The summed E-state index contributed by atoms with van der Waals surface area (Å²) < 4.78 is 53.5. The van der Waals surface area contributed by atoms with Gasteiger partial charge in [0.25, 0.3) is 5.91 Å². The molecular weight excluding hydrogens is 344 g/mol. The van der Waals surface area contributed by atoms with Gasteiger partial charge >= 0.3 is 6.36 Å². The monoisotopic (exact) mass is 356 g/mol. The van der Waals surface area contributed by atoms with E-state index in [4.69, 9.17) is 0 Å². The summed E-state index contributed by atoms with van der Waals surface area (Å²) in [5.41, 5.74) is 2.68. The lowest BCUT2D eigenvalue weighted by atomic mass is 10.1. The molecule has 0 bridgehead atoms. The molecule has 0 heterocycles. The van der Waals surface area contributed by atoms with Crippen molar-refractivity contribution in [2.45, 2.75) is 13.3 Å². The van der Waals surface area contributed by atoms with Gasteiger partial charge < -0.3 is 9.84 Å². The highest BCUT2D eigenvalue weighted by Gasteiger charge is 2.31. The Hall–Kier alpha value is -3.10. The summed E-state index contributed by atoms with van der Waals surface area (Å²) in [4.78, 5) is 11.8. The number of ether oxygens (including phenoxy) is 1. The molecule has 132 valence electrons. The number of alkyl halides is 3. The molecule has 0 aliphatic carbocycles. The third-order valence-corrected chi connectivity index (χ3v) is 2.97. The normalized spacial score (nSPS) is 11.6. The third kappa shape index (κ3) is 5.20. The van der Waals surface area contributed by atoms with Crippen LogP contribution in [0.5, 0.6) is 11.5 Å². The van der Waals surface area contributed by atoms with E-state index in [2.05, 4.69) is 9.84 Å². The van der Waals surface area contributed by atoms with Crippen molar-refractivity contribution in [2.75, 3.05) is 0 Å². The summed E-state index contributed by atoms with van der Waals surface area (Å²) in [6, 6.07) is 6.81. The number of amides is 1. The summed E-state index contributed by atoms with van der Waals surface area (Å²) in [5.74, 6) is -3.02. The molecule has 0 unspecified atom stereocenters. The van der Waals surface area contributed by atoms with Gasteiger partial charge in [-0.15, -0.1) is 13.2 Å². The van der Waals surface area contributed by atoms with Crippen molar-refractivity contribution in [3.05, 3.63) is 58.9 Å². The molecule has 2 aromatic rings. The number of phenolic OH excluding ortho intramolecular Hbond substituents is 1. The first kappa shape index (κ1) is 18.2. The van der Waals surface area contributed by atoms with E-state index in [-0.39, 0.29) is 5.75 Å². The number of carbonyl (C=O) groups excluding carboxylic acids is 1. The maximum Gasteiger partial charge on any atom is 0.573 e. The smallest absolute Gasteiger partial charge is 0.507 e. The number of aryl methyl sites for hydroxylation is 1. The third-order valence-electron chi connectivity index (χ3n) is 2.97. The van der Waals surface area contributed by atoms with Gasteiger partial charge in [-0.25, -0.2) is 9.82 Å². The number of aromatic hydroxyl groups is 1. The number of rotatable bonds is 4. The number of nitrogens with zero attached hydrogens (tertiary/aromatic N) is 1. The minimum absolute atomic E-state index is 0.0663. The van der Waals surface area contributed by atoms with Crippen LogP contribution >= 0.6 is 0 Å². The fraction of sp³-hybridized carbons (Fsp3) is 0.125. The van der Waals surface area contributed by atoms with Crippen LogP contribution in [0.15, 0.2) is 41.5 Å². The molecule has 1 amide bonds. The number of phenols is 1. The maximum atomic E-state index is 13.7. The number of nitrogens with one attached hydrogen (secondary N) is 1. The first-order valence-corrected chi connectivity index (χ1v) is 6.84. The van der Waals surface area contributed by atoms with Gasteiger partial charge in [-0.05, 0) is 31.2 Å². The average molecular weight is 356 g/mol. The highest BCUT2D eigenvalue weighted by atomic mass is 19.4. The van der Waals surface area contributed by atoms with Crippen LogP contribution in [0, 0.1) is 12.7 Å². The molecule has 0 fully saturated rings. The largest absolute Gasteiger partial charge is 0.573 e. The lowest BCUT2D eigenvalue weighted by Crippen LogP contribution is -2.20. The van der Waals surface area contributed by atoms with Gasteiger partial charge in [-0.3, -0.25) is 4.79 Å². The second-order valence-corrected chi connectivity index (χ2v) is 4.95. The van der Waals surface area contributed by atoms with Crippen LogP contribution in [0.4, 0.5) is 17.6 Å². The maximum absolute atomic E-state index is 13.7. The predicted molar refractivity (Wildman–Crippen MR) is 81.0 cm³/mol. The summed E-state index contributed by atoms with van der Waals surface area (Å²) in [6.07, 6.45) is -3.81. The van der Waals surface area contributed by atoms with Crippen molar-refractivity contribution in [1.82, 2.24) is 5.43 Å². The number of hydrogen-bond donors (Lipinski definition) is 2. The number of carbonyl (C=O) groups is 1. The molecule has 0 aliphatic heterocycles. The molecule has 5 nitrogen and oxygen atoms in total. The van der Waals surface area contributed by atoms with Crippen LogP contribution in [-0.2, 0) is 0 Å². The van der Waals surface area contributed by atoms with Crippen molar-refractivity contribution in [3.8, 4) is 11.5 Å². The summed E-state index contributed by atoms with van der Waals surface area (Å²) in [7, 11) is 0. The zero-order valence-electron chi connectivity index (χ0n) is 12.8. The van der Waals surface area contributed by atoms with Gasteiger partial charge in [0.05, 0.1) is 11.8 Å². The zero-order valence-corrected chi connectivity index (χ0v) is 12.8. The van der Waals surface area contributed by atoms with E-state index in [1.165, 1.54) is 6.07 Å².